The van der Waals surface area contributed by atoms with Crippen molar-refractivity contribution in [2.24, 2.45) is 11.3 Å². The van der Waals surface area contributed by atoms with Gasteiger partial charge in [-0.1, -0.05) is 13.8 Å². The number of carboxylic acid groups (broad SMARTS) is 2. The van der Waals surface area contributed by atoms with Crippen LogP contribution >= 0.6 is 0 Å². The molecule has 1 aromatic heterocycles. The van der Waals surface area contributed by atoms with Gasteiger partial charge in [-0.2, -0.15) is 0 Å². The number of nitrogens with one attached hydrogen (secondary N) is 1. The van der Waals surface area contributed by atoms with Crippen LogP contribution in [-0.2, 0) is 9.59 Å². The monoisotopic (exact) mass is 410 g/mol. The third-order valence-electron chi connectivity index (χ3n) is 5.24. The molecule has 9 nitrogen and oxygen atoms in total. The molecule has 1 saturated heterocycles. The van der Waals surface area contributed by atoms with Crippen LogP contribution in [0.5, 0.6) is 0 Å². The Labute approximate surface area is 169 Å². The number of aliphatic hydroxyl groups excluding tert-OH is 1. The molecule has 4 N–H and O–H groups in total. The smallest absolute Gasteiger partial charge is 0.314 e. The van der Waals surface area contributed by atoms with Crippen molar-refractivity contribution in [3.8, 4) is 0 Å². The molecule has 2 atom stereocenters. The Bertz CT molecular complexity index is 803. The average molecular weight is 410 g/mol. The lowest BCUT2D eigenvalue weighted by Crippen LogP contribution is -2.57. The number of aryl methyl sites for hydroxylation is 2. The first-order chi connectivity index (χ1) is 13.5. The molecule has 1 aliphatic rings. The maximum absolute atomic E-state index is 12.9. The number of piperidine rings is 1. The van der Waals surface area contributed by atoms with E-state index in [1.54, 1.807) is 19.9 Å². The van der Waals surface area contributed by atoms with Crippen LogP contribution in [-0.4, -0.2) is 62.7 Å². The van der Waals surface area contributed by atoms with Gasteiger partial charge >= 0.3 is 5.97 Å². The van der Waals surface area contributed by atoms with E-state index in [4.69, 9.17) is 9.90 Å². The molecule has 0 aromatic carbocycles. The third-order valence-corrected chi connectivity index (χ3v) is 5.24. The van der Waals surface area contributed by atoms with E-state index in [-0.39, 0.29) is 43.9 Å². The molecule has 0 bridgehead atoms. The summed E-state index contributed by atoms with van der Waals surface area (Å²) in [6.07, 6.45) is 0.0862. The van der Waals surface area contributed by atoms with E-state index in [2.05, 4.69) is 4.98 Å². The number of hydrogen-bond donors (Lipinski definition) is 4. The summed E-state index contributed by atoms with van der Waals surface area (Å²) >= 11 is 0. The first-order valence-electron chi connectivity index (χ1n) is 9.49. The molecule has 0 unspecified atom stereocenters. The molecule has 29 heavy (non-hydrogen) atoms. The van der Waals surface area contributed by atoms with Gasteiger partial charge in [-0.3, -0.25) is 19.2 Å². The van der Waals surface area contributed by atoms with Crippen molar-refractivity contribution in [1.82, 2.24) is 9.88 Å². The number of aliphatic carboxylic acids is 1. The fourth-order valence-electron chi connectivity index (χ4n) is 3.64. The van der Waals surface area contributed by atoms with Gasteiger partial charge in [-0.15, -0.1) is 0 Å². The van der Waals surface area contributed by atoms with Gasteiger partial charge in [-0.05, 0) is 50.7 Å². The van der Waals surface area contributed by atoms with Crippen LogP contribution in [0, 0.1) is 25.2 Å². The number of aromatic nitrogens is 1. The molecule has 0 saturated carbocycles. The van der Waals surface area contributed by atoms with Crippen molar-refractivity contribution in [3.05, 3.63) is 33.2 Å². The molecule has 0 aliphatic carbocycles. The molecular formula is C20H30N2O7. The third kappa shape index (κ3) is 5.66. The Balaban J connectivity index is 0.00000132. The first-order valence-corrected chi connectivity index (χ1v) is 9.49. The summed E-state index contributed by atoms with van der Waals surface area (Å²) in [5, 5.41) is 27.1. The van der Waals surface area contributed by atoms with Crippen LogP contribution in [0.1, 0.15) is 54.7 Å². The van der Waals surface area contributed by atoms with Gasteiger partial charge in [-0.25, -0.2) is 0 Å². The lowest BCUT2D eigenvalue weighted by molar-refractivity contribution is -0.163. The molecule has 1 amide bonds. The second-order valence-electron chi connectivity index (χ2n) is 7.87. The second-order valence-corrected chi connectivity index (χ2v) is 7.87. The largest absolute Gasteiger partial charge is 0.483 e. The maximum Gasteiger partial charge on any atom is 0.314 e. The summed E-state index contributed by atoms with van der Waals surface area (Å²) in [4.78, 5) is 49.6. The molecule has 2 heterocycles. The van der Waals surface area contributed by atoms with Crippen LogP contribution in [0.25, 0.3) is 0 Å². The zero-order chi connectivity index (χ0) is 22.4. The number of aliphatic hydroxyl groups is 1. The van der Waals surface area contributed by atoms with Gasteiger partial charge in [0, 0.05) is 18.8 Å². The minimum Gasteiger partial charge on any atom is -0.483 e. The zero-order valence-electron chi connectivity index (χ0n) is 17.3. The van der Waals surface area contributed by atoms with Crippen molar-refractivity contribution >= 4 is 18.3 Å². The van der Waals surface area contributed by atoms with Crippen LogP contribution < -0.4 is 5.56 Å². The van der Waals surface area contributed by atoms with Gasteiger partial charge in [0.05, 0.1) is 6.10 Å². The summed E-state index contributed by atoms with van der Waals surface area (Å²) in [5.41, 5.74) is -0.610. The number of pyridine rings is 1. The fraction of sp³-hybridized carbons (Fsp3) is 0.600. The van der Waals surface area contributed by atoms with Crippen molar-refractivity contribution in [2.75, 3.05) is 13.1 Å². The highest BCUT2D eigenvalue weighted by molar-refractivity contribution is 5.95. The Morgan fingerprint density at radius 3 is 2.45 bits per heavy atom. The molecule has 9 heteroatoms. The number of carbonyl (C=O) groups excluding carboxylic acids is 1. The van der Waals surface area contributed by atoms with E-state index in [0.29, 0.717) is 17.7 Å². The van der Waals surface area contributed by atoms with Crippen molar-refractivity contribution in [1.29, 1.82) is 0 Å². The number of rotatable bonds is 5. The minimum atomic E-state index is -1.40. The molecule has 1 aromatic rings. The predicted molar refractivity (Wildman–Crippen MR) is 106 cm³/mol. The Kier molecular flexibility index (Phi) is 8.57. The number of nitrogens with zero attached hydrogens (tertiary/aromatic N) is 1. The van der Waals surface area contributed by atoms with Gasteiger partial charge in [0.1, 0.15) is 11.0 Å². The average Bonchev–Trinajstić information content (AvgIpc) is 2.60. The molecule has 162 valence electrons. The standard InChI is InChI=1S/C19H28N2O5.CH2O2/c1-11(2)5-7-19(18(25)26)10-21(8-6-14(19)22)17(24)15-12(3)9-13(4)20-16(15)23;2-1-3/h9,11,14,22H,5-8,10H2,1-4H3,(H,20,23)(H,25,26);1H,(H,2,3)/t14-,19-;/m1./s1. The van der Waals surface area contributed by atoms with E-state index >= 15 is 0 Å². The van der Waals surface area contributed by atoms with Crippen LogP contribution in [0.3, 0.4) is 0 Å². The summed E-state index contributed by atoms with van der Waals surface area (Å²) < 4.78 is 0. The topological polar surface area (TPSA) is 148 Å². The van der Waals surface area contributed by atoms with Gasteiger partial charge in [0.15, 0.2) is 0 Å². The number of likely N-dealkylation sites (tertiary alicyclic amines) is 1. The summed E-state index contributed by atoms with van der Waals surface area (Å²) in [6.45, 7) is 7.29. The zero-order valence-corrected chi connectivity index (χ0v) is 17.3. The SMILES string of the molecule is Cc1cc(C)c(C(=O)N2CC[C@@H](O)[C@](CCC(C)C)(C(=O)O)C2)c(=O)[nH]1.O=CO. The highest BCUT2D eigenvalue weighted by Crippen LogP contribution is 2.37. The van der Waals surface area contributed by atoms with Crippen molar-refractivity contribution < 1.29 is 29.7 Å². The molecule has 0 spiro atoms. The van der Waals surface area contributed by atoms with E-state index < -0.39 is 29.0 Å². The molecule has 1 fully saturated rings. The quantitative estimate of drug-likeness (QED) is 0.536. The normalized spacial score (nSPS) is 21.3. The highest BCUT2D eigenvalue weighted by Gasteiger charge is 2.50. The van der Waals surface area contributed by atoms with Crippen molar-refractivity contribution in [3.63, 3.8) is 0 Å². The summed E-state index contributed by atoms with van der Waals surface area (Å²) in [6, 6.07) is 1.72. The number of H-pyrrole nitrogens is 1. The Morgan fingerprint density at radius 2 is 1.97 bits per heavy atom. The Morgan fingerprint density at radius 1 is 1.38 bits per heavy atom. The van der Waals surface area contributed by atoms with E-state index in [0.717, 1.165) is 0 Å². The van der Waals surface area contributed by atoms with Gasteiger partial charge < -0.3 is 25.2 Å². The fourth-order valence-corrected chi connectivity index (χ4v) is 3.64. The number of carbonyl (C=O) groups is 3. The predicted octanol–water partition coefficient (Wildman–Crippen LogP) is 1.41. The number of carboxylic acids is 1. The molecule has 1 aliphatic heterocycles. The van der Waals surface area contributed by atoms with Crippen LogP contribution in [0.2, 0.25) is 0 Å². The maximum atomic E-state index is 12.9. The lowest BCUT2D eigenvalue weighted by Gasteiger charge is -2.43. The summed E-state index contributed by atoms with van der Waals surface area (Å²) in [5.74, 6) is -1.30. The lowest BCUT2D eigenvalue weighted by atomic mass is 9.72. The van der Waals surface area contributed by atoms with E-state index in [9.17, 15) is 24.6 Å². The van der Waals surface area contributed by atoms with Crippen LogP contribution in [0.4, 0.5) is 0 Å². The molecule has 2 rings (SSSR count). The number of aromatic amines is 1. The number of hydrogen-bond acceptors (Lipinski definition) is 5. The van der Waals surface area contributed by atoms with Gasteiger partial charge in [0.2, 0.25) is 0 Å². The van der Waals surface area contributed by atoms with E-state index in [1.807, 2.05) is 13.8 Å². The second kappa shape index (κ2) is 10.2. The first kappa shape index (κ1) is 24.4. The van der Waals surface area contributed by atoms with Gasteiger partial charge in [0.25, 0.3) is 17.9 Å². The number of amides is 1. The molecule has 0 radical (unpaired) electrons. The van der Waals surface area contributed by atoms with E-state index in [1.165, 1.54) is 4.90 Å². The van der Waals surface area contributed by atoms with Crippen LogP contribution in [0.15, 0.2) is 10.9 Å². The molecular weight excluding hydrogens is 380 g/mol. The highest BCUT2D eigenvalue weighted by atomic mass is 16.4. The summed E-state index contributed by atoms with van der Waals surface area (Å²) in [7, 11) is 0. The Hall–Kier alpha value is -2.68. The minimum absolute atomic E-state index is 0.0372. The van der Waals surface area contributed by atoms with Crippen molar-refractivity contribution in [2.45, 2.75) is 53.1 Å².